The van der Waals surface area contributed by atoms with E-state index in [1.54, 1.807) is 18.3 Å². The Labute approximate surface area is 166 Å². The fourth-order valence-electron chi connectivity index (χ4n) is 2.50. The lowest BCUT2D eigenvalue weighted by Crippen LogP contribution is -2.24. The number of amides is 2. The second-order valence-electron chi connectivity index (χ2n) is 5.98. The Morgan fingerprint density at radius 2 is 1.78 bits per heavy atom. The molecule has 5 nitrogen and oxygen atoms in total. The molecule has 0 radical (unpaired) electrons. The Balaban J connectivity index is 1.50. The predicted molar refractivity (Wildman–Crippen MR) is 108 cm³/mol. The van der Waals surface area contributed by atoms with E-state index in [9.17, 15) is 9.59 Å². The van der Waals surface area contributed by atoms with E-state index in [0.717, 1.165) is 15.6 Å². The van der Waals surface area contributed by atoms with Crippen LogP contribution in [0.25, 0.3) is 0 Å². The van der Waals surface area contributed by atoms with E-state index in [-0.39, 0.29) is 11.8 Å². The van der Waals surface area contributed by atoms with Gasteiger partial charge in [0, 0.05) is 29.1 Å². The standard InChI is InChI=1S/C21H18BrN3O2/c22-18-5-1-3-16(11-18)12-20(26)24-13-15-6-8-19(9-7-15)25-21(27)17-4-2-10-23-14-17/h1-11,14H,12-13H2,(H,24,26)(H,25,27). The summed E-state index contributed by atoms with van der Waals surface area (Å²) < 4.78 is 0.955. The SMILES string of the molecule is O=C(Cc1cccc(Br)c1)NCc1ccc(NC(=O)c2cccnc2)cc1. The average Bonchev–Trinajstić information content (AvgIpc) is 2.68. The number of rotatable bonds is 6. The topological polar surface area (TPSA) is 71.1 Å². The first-order valence-electron chi connectivity index (χ1n) is 8.41. The highest BCUT2D eigenvalue weighted by Gasteiger charge is 2.06. The third kappa shape index (κ3) is 5.76. The molecule has 0 fully saturated rings. The summed E-state index contributed by atoms with van der Waals surface area (Å²) in [6, 6.07) is 18.5. The number of benzene rings is 2. The van der Waals surface area contributed by atoms with Crippen LogP contribution < -0.4 is 10.6 Å². The van der Waals surface area contributed by atoms with Crippen molar-refractivity contribution in [2.24, 2.45) is 0 Å². The van der Waals surface area contributed by atoms with Crippen molar-refractivity contribution >= 4 is 33.4 Å². The van der Waals surface area contributed by atoms with Crippen molar-refractivity contribution < 1.29 is 9.59 Å². The number of carbonyl (C=O) groups is 2. The second-order valence-corrected chi connectivity index (χ2v) is 6.89. The lowest BCUT2D eigenvalue weighted by Gasteiger charge is -2.08. The molecule has 3 rings (SSSR count). The van der Waals surface area contributed by atoms with Gasteiger partial charge < -0.3 is 10.6 Å². The van der Waals surface area contributed by atoms with Crippen molar-refractivity contribution in [3.8, 4) is 0 Å². The van der Waals surface area contributed by atoms with Gasteiger partial charge in [0.25, 0.3) is 5.91 Å². The molecule has 0 spiro atoms. The maximum atomic E-state index is 12.1. The molecule has 3 aromatic rings. The van der Waals surface area contributed by atoms with E-state index in [1.807, 2.05) is 48.5 Å². The molecular formula is C21H18BrN3O2. The fourth-order valence-corrected chi connectivity index (χ4v) is 2.95. The minimum Gasteiger partial charge on any atom is -0.352 e. The number of nitrogens with one attached hydrogen (secondary N) is 2. The third-order valence-electron chi connectivity index (χ3n) is 3.88. The first-order chi connectivity index (χ1) is 13.1. The van der Waals surface area contributed by atoms with Crippen LogP contribution in [0.15, 0.2) is 77.5 Å². The first-order valence-corrected chi connectivity index (χ1v) is 9.21. The lowest BCUT2D eigenvalue weighted by molar-refractivity contribution is -0.120. The summed E-state index contributed by atoms with van der Waals surface area (Å²) in [5.74, 6) is -0.250. The molecule has 0 saturated carbocycles. The highest BCUT2D eigenvalue weighted by Crippen LogP contribution is 2.13. The van der Waals surface area contributed by atoms with E-state index in [1.165, 1.54) is 6.20 Å². The van der Waals surface area contributed by atoms with E-state index >= 15 is 0 Å². The molecule has 27 heavy (non-hydrogen) atoms. The predicted octanol–water partition coefficient (Wildman–Crippen LogP) is 3.96. The van der Waals surface area contributed by atoms with Gasteiger partial charge in [0.1, 0.15) is 0 Å². The lowest BCUT2D eigenvalue weighted by atomic mass is 10.1. The van der Waals surface area contributed by atoms with Gasteiger partial charge in [-0.3, -0.25) is 14.6 Å². The minimum absolute atomic E-state index is 0.0398. The molecule has 136 valence electrons. The van der Waals surface area contributed by atoms with Crippen molar-refractivity contribution in [1.82, 2.24) is 10.3 Å². The van der Waals surface area contributed by atoms with Gasteiger partial charge in [-0.1, -0.05) is 40.2 Å². The van der Waals surface area contributed by atoms with Gasteiger partial charge in [-0.2, -0.15) is 0 Å². The van der Waals surface area contributed by atoms with Gasteiger partial charge in [-0.05, 0) is 47.5 Å². The zero-order chi connectivity index (χ0) is 19.1. The molecule has 6 heteroatoms. The summed E-state index contributed by atoms with van der Waals surface area (Å²) >= 11 is 3.40. The summed E-state index contributed by atoms with van der Waals surface area (Å²) in [4.78, 5) is 28.1. The molecule has 0 aliphatic heterocycles. The zero-order valence-corrected chi connectivity index (χ0v) is 16.1. The first kappa shape index (κ1) is 18.8. The van der Waals surface area contributed by atoms with Crippen LogP contribution in [0.4, 0.5) is 5.69 Å². The van der Waals surface area contributed by atoms with Crippen molar-refractivity contribution in [3.63, 3.8) is 0 Å². The summed E-state index contributed by atoms with van der Waals surface area (Å²) in [6.45, 7) is 0.434. The van der Waals surface area contributed by atoms with Gasteiger partial charge in [0.15, 0.2) is 0 Å². The average molecular weight is 424 g/mol. The second kappa shape index (κ2) is 9.09. The quantitative estimate of drug-likeness (QED) is 0.630. The van der Waals surface area contributed by atoms with Gasteiger partial charge in [0.2, 0.25) is 5.91 Å². The maximum absolute atomic E-state index is 12.1. The van der Waals surface area contributed by atoms with Crippen LogP contribution in [0.2, 0.25) is 0 Å². The molecule has 1 aromatic heterocycles. The van der Waals surface area contributed by atoms with Crippen molar-refractivity contribution in [2.45, 2.75) is 13.0 Å². The number of halogens is 1. The largest absolute Gasteiger partial charge is 0.352 e. The molecule has 1 heterocycles. The Morgan fingerprint density at radius 3 is 2.48 bits per heavy atom. The van der Waals surface area contributed by atoms with E-state index in [4.69, 9.17) is 0 Å². The maximum Gasteiger partial charge on any atom is 0.257 e. The molecule has 2 N–H and O–H groups in total. The Hall–Kier alpha value is -2.99. The van der Waals surface area contributed by atoms with E-state index < -0.39 is 0 Å². The number of aromatic nitrogens is 1. The normalized spacial score (nSPS) is 10.3. The molecule has 0 unspecified atom stereocenters. The molecule has 2 aromatic carbocycles. The van der Waals surface area contributed by atoms with Crippen LogP contribution in [0, 0.1) is 0 Å². The van der Waals surface area contributed by atoms with Crippen LogP contribution in [0.5, 0.6) is 0 Å². The Kier molecular flexibility index (Phi) is 6.33. The van der Waals surface area contributed by atoms with Crippen molar-refractivity contribution in [3.05, 3.63) is 94.2 Å². The van der Waals surface area contributed by atoms with Crippen LogP contribution in [-0.2, 0) is 17.8 Å². The van der Waals surface area contributed by atoms with Crippen LogP contribution in [0.1, 0.15) is 21.5 Å². The number of carbonyl (C=O) groups excluding carboxylic acids is 2. The zero-order valence-electron chi connectivity index (χ0n) is 14.5. The third-order valence-corrected chi connectivity index (χ3v) is 4.37. The number of anilines is 1. The summed E-state index contributed by atoms with van der Waals surface area (Å²) in [5, 5.41) is 5.72. The monoisotopic (exact) mass is 423 g/mol. The number of nitrogens with zero attached hydrogens (tertiary/aromatic N) is 1. The van der Waals surface area contributed by atoms with Crippen LogP contribution in [-0.4, -0.2) is 16.8 Å². The Bertz CT molecular complexity index is 928. The highest BCUT2D eigenvalue weighted by atomic mass is 79.9. The molecule has 0 saturated heterocycles. The summed E-state index contributed by atoms with van der Waals surface area (Å²) in [5.41, 5.74) is 3.10. The highest BCUT2D eigenvalue weighted by molar-refractivity contribution is 9.10. The van der Waals surface area contributed by atoms with Gasteiger partial charge in [-0.25, -0.2) is 0 Å². The van der Waals surface area contributed by atoms with E-state index in [2.05, 4.69) is 31.5 Å². The molecule has 2 amide bonds. The smallest absolute Gasteiger partial charge is 0.257 e. The van der Waals surface area contributed by atoms with Crippen molar-refractivity contribution in [2.75, 3.05) is 5.32 Å². The number of hydrogen-bond donors (Lipinski definition) is 2. The minimum atomic E-state index is -0.210. The molecule has 0 bridgehead atoms. The molecule has 0 aliphatic carbocycles. The number of hydrogen-bond acceptors (Lipinski definition) is 3. The summed E-state index contributed by atoms with van der Waals surface area (Å²) in [6.07, 6.45) is 3.47. The molecular weight excluding hydrogens is 406 g/mol. The molecule has 0 aliphatic rings. The van der Waals surface area contributed by atoms with Gasteiger partial charge in [0.05, 0.1) is 12.0 Å². The van der Waals surface area contributed by atoms with Crippen LogP contribution >= 0.6 is 15.9 Å². The van der Waals surface area contributed by atoms with Crippen LogP contribution in [0.3, 0.4) is 0 Å². The van der Waals surface area contributed by atoms with Gasteiger partial charge in [-0.15, -0.1) is 0 Å². The van der Waals surface area contributed by atoms with Crippen molar-refractivity contribution in [1.29, 1.82) is 0 Å². The fraction of sp³-hybridized carbons (Fsp3) is 0.0952. The Morgan fingerprint density at radius 1 is 0.963 bits per heavy atom. The molecule has 0 atom stereocenters. The van der Waals surface area contributed by atoms with E-state index in [0.29, 0.717) is 24.2 Å². The van der Waals surface area contributed by atoms with Gasteiger partial charge >= 0.3 is 0 Å². The summed E-state index contributed by atoms with van der Waals surface area (Å²) in [7, 11) is 0. The number of pyridine rings is 1.